The van der Waals surface area contributed by atoms with Gasteiger partial charge in [0.15, 0.2) is 6.10 Å². The first-order valence-electron chi connectivity index (χ1n) is 8.10. The van der Waals surface area contributed by atoms with E-state index in [0.717, 1.165) is 22.4 Å². The fraction of sp³-hybridized carbons (Fsp3) is 0.350. The Hall–Kier alpha value is -2.29. The van der Waals surface area contributed by atoms with E-state index in [9.17, 15) is 4.79 Å². The number of carbonyl (C=O) groups is 1. The van der Waals surface area contributed by atoms with Crippen LogP contribution in [0.1, 0.15) is 43.0 Å². The van der Waals surface area contributed by atoms with Crippen LogP contribution >= 0.6 is 0 Å². The molecule has 3 heteroatoms. The number of ether oxygens (including phenoxy) is 1. The minimum absolute atomic E-state index is 0.0417. The zero-order valence-electron chi connectivity index (χ0n) is 14.3. The van der Waals surface area contributed by atoms with Crippen LogP contribution in [0, 0.1) is 13.8 Å². The predicted molar refractivity (Wildman–Crippen MR) is 93.6 cm³/mol. The van der Waals surface area contributed by atoms with E-state index in [-0.39, 0.29) is 11.9 Å². The predicted octanol–water partition coefficient (Wildman–Crippen LogP) is 4.34. The molecule has 1 N–H and O–H groups in total. The normalized spacial score (nSPS) is 13.2. The molecule has 0 spiro atoms. The lowest BCUT2D eigenvalue weighted by Gasteiger charge is -2.21. The number of aryl methyl sites for hydroxylation is 2. The molecule has 0 aliphatic carbocycles. The highest BCUT2D eigenvalue weighted by atomic mass is 16.5. The van der Waals surface area contributed by atoms with Crippen molar-refractivity contribution in [3.63, 3.8) is 0 Å². The molecular weight excluding hydrogens is 286 g/mol. The standard InChI is InChI=1S/C20H25NO2/c1-5-18(23-19-13-14(2)11-12-15(19)3)20(22)21-16(4)17-9-7-6-8-10-17/h6-13,16,18H,5H2,1-4H3,(H,21,22)/t16-,18?/m1/s1. The summed E-state index contributed by atoms with van der Waals surface area (Å²) in [6, 6.07) is 15.9. The third-order valence-corrected chi connectivity index (χ3v) is 3.93. The van der Waals surface area contributed by atoms with E-state index in [2.05, 4.69) is 5.32 Å². The molecule has 1 amide bonds. The lowest BCUT2D eigenvalue weighted by Crippen LogP contribution is -2.39. The number of hydrogen-bond donors (Lipinski definition) is 1. The van der Waals surface area contributed by atoms with Crippen LogP contribution in [0.15, 0.2) is 48.5 Å². The maximum atomic E-state index is 12.5. The van der Waals surface area contributed by atoms with Crippen LogP contribution in [0.5, 0.6) is 5.75 Å². The highest BCUT2D eigenvalue weighted by Crippen LogP contribution is 2.21. The molecule has 2 aromatic carbocycles. The Labute approximate surface area is 138 Å². The topological polar surface area (TPSA) is 38.3 Å². The molecule has 2 atom stereocenters. The van der Waals surface area contributed by atoms with Gasteiger partial charge in [0.2, 0.25) is 0 Å². The first kappa shape index (κ1) is 17.1. The fourth-order valence-corrected chi connectivity index (χ4v) is 2.44. The number of nitrogens with one attached hydrogen (secondary N) is 1. The quantitative estimate of drug-likeness (QED) is 0.862. The van der Waals surface area contributed by atoms with E-state index in [1.807, 2.05) is 76.2 Å². The van der Waals surface area contributed by atoms with Gasteiger partial charge in [0.05, 0.1) is 6.04 Å². The van der Waals surface area contributed by atoms with Gasteiger partial charge in [-0.2, -0.15) is 0 Å². The Morgan fingerprint density at radius 2 is 1.83 bits per heavy atom. The Morgan fingerprint density at radius 1 is 1.13 bits per heavy atom. The van der Waals surface area contributed by atoms with E-state index in [0.29, 0.717) is 6.42 Å². The zero-order chi connectivity index (χ0) is 16.8. The minimum Gasteiger partial charge on any atom is -0.480 e. The van der Waals surface area contributed by atoms with Crippen LogP contribution in [0.2, 0.25) is 0 Å². The summed E-state index contributed by atoms with van der Waals surface area (Å²) in [5.74, 6) is 0.698. The Morgan fingerprint density at radius 3 is 2.48 bits per heavy atom. The molecule has 0 fully saturated rings. The first-order chi connectivity index (χ1) is 11.0. The number of benzene rings is 2. The van der Waals surface area contributed by atoms with Crippen LogP contribution in [0.25, 0.3) is 0 Å². The summed E-state index contributed by atoms with van der Waals surface area (Å²) >= 11 is 0. The molecule has 0 saturated carbocycles. The monoisotopic (exact) mass is 311 g/mol. The van der Waals surface area contributed by atoms with Gasteiger partial charge in [-0.1, -0.05) is 49.4 Å². The molecule has 0 radical (unpaired) electrons. The molecular formula is C20H25NO2. The number of hydrogen-bond acceptors (Lipinski definition) is 2. The fourth-order valence-electron chi connectivity index (χ4n) is 2.44. The number of carbonyl (C=O) groups excluding carboxylic acids is 1. The summed E-state index contributed by atoms with van der Waals surface area (Å²) in [6.45, 7) is 7.96. The maximum Gasteiger partial charge on any atom is 0.261 e. The Balaban J connectivity index is 2.05. The van der Waals surface area contributed by atoms with Gasteiger partial charge in [0.1, 0.15) is 5.75 Å². The molecule has 0 aliphatic rings. The Bertz CT molecular complexity index is 652. The van der Waals surface area contributed by atoms with E-state index in [1.165, 1.54) is 0 Å². The second kappa shape index (κ2) is 7.82. The summed E-state index contributed by atoms with van der Waals surface area (Å²) in [4.78, 5) is 12.5. The van der Waals surface area contributed by atoms with Gasteiger partial charge in [0.25, 0.3) is 5.91 Å². The third-order valence-electron chi connectivity index (χ3n) is 3.93. The molecule has 3 nitrogen and oxygen atoms in total. The summed E-state index contributed by atoms with van der Waals surface area (Å²) < 4.78 is 5.96. The van der Waals surface area contributed by atoms with Gasteiger partial charge >= 0.3 is 0 Å². The van der Waals surface area contributed by atoms with Gasteiger partial charge in [-0.15, -0.1) is 0 Å². The largest absolute Gasteiger partial charge is 0.480 e. The van der Waals surface area contributed by atoms with Crippen molar-refractivity contribution >= 4 is 5.91 Å². The summed E-state index contributed by atoms with van der Waals surface area (Å²) in [6.07, 6.45) is 0.141. The van der Waals surface area contributed by atoms with Crippen LogP contribution in [0.4, 0.5) is 0 Å². The summed E-state index contributed by atoms with van der Waals surface area (Å²) in [7, 11) is 0. The van der Waals surface area contributed by atoms with Gasteiger partial charge in [-0.25, -0.2) is 0 Å². The van der Waals surface area contributed by atoms with Crippen molar-refractivity contribution in [2.45, 2.75) is 46.3 Å². The van der Waals surface area contributed by atoms with Crippen molar-refractivity contribution in [1.82, 2.24) is 5.32 Å². The van der Waals surface area contributed by atoms with E-state index < -0.39 is 6.10 Å². The van der Waals surface area contributed by atoms with E-state index in [4.69, 9.17) is 4.74 Å². The van der Waals surface area contributed by atoms with Crippen molar-refractivity contribution in [3.05, 3.63) is 65.2 Å². The van der Waals surface area contributed by atoms with Crippen molar-refractivity contribution in [1.29, 1.82) is 0 Å². The Kier molecular flexibility index (Phi) is 5.80. The highest BCUT2D eigenvalue weighted by molar-refractivity contribution is 5.81. The second-order valence-electron chi connectivity index (χ2n) is 5.92. The molecule has 2 aromatic rings. The average molecular weight is 311 g/mol. The summed E-state index contributed by atoms with van der Waals surface area (Å²) in [5.41, 5.74) is 3.25. The molecule has 0 saturated heterocycles. The number of rotatable bonds is 6. The average Bonchev–Trinajstić information content (AvgIpc) is 2.56. The first-order valence-corrected chi connectivity index (χ1v) is 8.10. The van der Waals surface area contributed by atoms with Gasteiger partial charge < -0.3 is 10.1 Å². The van der Waals surface area contributed by atoms with Gasteiger partial charge in [-0.05, 0) is 49.9 Å². The molecule has 0 bridgehead atoms. The van der Waals surface area contributed by atoms with Crippen LogP contribution in [-0.2, 0) is 4.79 Å². The molecule has 122 valence electrons. The highest BCUT2D eigenvalue weighted by Gasteiger charge is 2.21. The second-order valence-corrected chi connectivity index (χ2v) is 5.92. The van der Waals surface area contributed by atoms with E-state index >= 15 is 0 Å². The lowest BCUT2D eigenvalue weighted by molar-refractivity contribution is -0.128. The molecule has 0 aliphatic heterocycles. The minimum atomic E-state index is -0.485. The number of amides is 1. The SMILES string of the molecule is CCC(Oc1cc(C)ccc1C)C(=O)N[C@H](C)c1ccccc1. The van der Waals surface area contributed by atoms with Crippen molar-refractivity contribution < 1.29 is 9.53 Å². The zero-order valence-corrected chi connectivity index (χ0v) is 14.3. The van der Waals surface area contributed by atoms with Gasteiger partial charge in [-0.3, -0.25) is 4.79 Å². The molecule has 0 heterocycles. The van der Waals surface area contributed by atoms with Crippen LogP contribution in [0.3, 0.4) is 0 Å². The van der Waals surface area contributed by atoms with Crippen molar-refractivity contribution in [2.24, 2.45) is 0 Å². The summed E-state index contributed by atoms with van der Waals surface area (Å²) in [5, 5.41) is 3.04. The van der Waals surface area contributed by atoms with Crippen LogP contribution in [-0.4, -0.2) is 12.0 Å². The third kappa shape index (κ3) is 4.59. The molecule has 2 rings (SSSR count). The maximum absolute atomic E-state index is 12.5. The molecule has 1 unspecified atom stereocenters. The van der Waals surface area contributed by atoms with Crippen molar-refractivity contribution in [3.8, 4) is 5.75 Å². The van der Waals surface area contributed by atoms with Crippen LogP contribution < -0.4 is 10.1 Å². The lowest BCUT2D eigenvalue weighted by atomic mass is 10.1. The smallest absolute Gasteiger partial charge is 0.261 e. The molecule has 0 aromatic heterocycles. The molecule has 23 heavy (non-hydrogen) atoms. The van der Waals surface area contributed by atoms with Gasteiger partial charge in [0, 0.05) is 0 Å². The van der Waals surface area contributed by atoms with Crippen molar-refractivity contribution in [2.75, 3.05) is 0 Å². The van der Waals surface area contributed by atoms with E-state index in [1.54, 1.807) is 0 Å².